The van der Waals surface area contributed by atoms with E-state index in [1.165, 1.54) is 0 Å². The van der Waals surface area contributed by atoms with E-state index in [4.69, 9.17) is 23.2 Å². The quantitative estimate of drug-likeness (QED) is 0.410. The maximum Gasteiger partial charge on any atom is 0.289 e. The van der Waals surface area contributed by atoms with Gasteiger partial charge in [-0.25, -0.2) is 10.4 Å². The molecule has 1 N–H and O–H groups in total. The first-order valence-corrected chi connectivity index (χ1v) is 8.91. The van der Waals surface area contributed by atoms with Crippen molar-refractivity contribution in [3.63, 3.8) is 0 Å². The van der Waals surface area contributed by atoms with Crippen molar-refractivity contribution in [2.45, 2.75) is 16.2 Å². The molecule has 0 saturated heterocycles. The molecule has 4 rings (SSSR count). The molecule has 0 aliphatic heterocycles. The highest BCUT2D eigenvalue weighted by molar-refractivity contribution is 6.53. The van der Waals surface area contributed by atoms with Crippen LogP contribution in [0.4, 0.5) is 0 Å². The molecule has 130 valence electrons. The highest BCUT2D eigenvalue weighted by Crippen LogP contribution is 2.63. The molecule has 1 aromatic heterocycles. The lowest BCUT2D eigenvalue weighted by Crippen LogP contribution is -2.23. The van der Waals surface area contributed by atoms with E-state index < -0.39 is 9.75 Å². The second kappa shape index (κ2) is 6.38. The highest BCUT2D eigenvalue weighted by atomic mass is 35.5. The second-order valence-corrected chi connectivity index (χ2v) is 7.79. The lowest BCUT2D eigenvalue weighted by atomic mass is 9.97. The van der Waals surface area contributed by atoms with E-state index in [0.29, 0.717) is 12.1 Å². The fourth-order valence-corrected chi connectivity index (χ4v) is 3.76. The molecule has 1 saturated carbocycles. The van der Waals surface area contributed by atoms with Gasteiger partial charge in [0.25, 0.3) is 5.91 Å². The van der Waals surface area contributed by atoms with E-state index >= 15 is 0 Å². The Kier molecular flexibility index (Phi) is 4.17. The molecule has 3 aromatic rings. The molecule has 26 heavy (non-hydrogen) atoms. The Hall–Kier alpha value is -2.43. The molecule has 1 atom stereocenters. The fraction of sp³-hybridized carbons (Fsp3) is 0.150. The number of amides is 1. The lowest BCUT2D eigenvalue weighted by Gasteiger charge is -2.13. The third kappa shape index (κ3) is 2.96. The van der Waals surface area contributed by atoms with Crippen LogP contribution < -0.4 is 5.43 Å². The molecular formula is C20H15Cl2N3O. The summed E-state index contributed by atoms with van der Waals surface area (Å²) in [6.45, 7) is 0. The smallest absolute Gasteiger partial charge is 0.266 e. The van der Waals surface area contributed by atoms with Gasteiger partial charge >= 0.3 is 0 Å². The number of carbonyl (C=O) groups is 1. The van der Waals surface area contributed by atoms with Crippen molar-refractivity contribution in [3.05, 3.63) is 78.0 Å². The van der Waals surface area contributed by atoms with E-state index in [0.717, 1.165) is 16.5 Å². The number of carbonyl (C=O) groups excluding carboxylic acids is 1. The number of benzene rings is 2. The number of halogens is 2. The van der Waals surface area contributed by atoms with Crippen molar-refractivity contribution in [2.75, 3.05) is 0 Å². The van der Waals surface area contributed by atoms with Crippen molar-refractivity contribution in [1.82, 2.24) is 10.4 Å². The molecule has 1 aliphatic rings. The van der Waals surface area contributed by atoms with Crippen LogP contribution >= 0.6 is 23.2 Å². The average Bonchev–Trinajstić information content (AvgIpc) is 3.24. The Morgan fingerprint density at radius 3 is 2.46 bits per heavy atom. The Bertz CT molecular complexity index is 1000. The number of hydrogen-bond donors (Lipinski definition) is 1. The summed E-state index contributed by atoms with van der Waals surface area (Å²) in [4.78, 5) is 16.7. The first-order chi connectivity index (χ1) is 12.5. The first-order valence-electron chi connectivity index (χ1n) is 8.16. The molecule has 0 bridgehead atoms. The molecule has 2 aromatic carbocycles. The third-order valence-corrected chi connectivity index (χ3v) is 5.54. The number of fused-ring (bicyclic) bond motifs is 1. The van der Waals surface area contributed by atoms with Crippen molar-refractivity contribution < 1.29 is 4.79 Å². The number of para-hydroxylation sites is 1. The number of pyridine rings is 1. The predicted molar refractivity (Wildman–Crippen MR) is 105 cm³/mol. The van der Waals surface area contributed by atoms with E-state index in [9.17, 15) is 4.79 Å². The topological polar surface area (TPSA) is 54.4 Å². The number of nitrogens with zero attached hydrogens (tertiary/aromatic N) is 2. The van der Waals surface area contributed by atoms with Crippen LogP contribution in [0.2, 0.25) is 0 Å². The maximum absolute atomic E-state index is 12.3. The van der Waals surface area contributed by atoms with Crippen LogP contribution in [-0.4, -0.2) is 21.4 Å². The molecular weight excluding hydrogens is 369 g/mol. The van der Waals surface area contributed by atoms with Gasteiger partial charge in [0.1, 0.15) is 10.0 Å². The lowest BCUT2D eigenvalue weighted by molar-refractivity contribution is 0.0950. The van der Waals surface area contributed by atoms with E-state index in [1.807, 2.05) is 60.7 Å². The number of aromatic nitrogens is 1. The summed E-state index contributed by atoms with van der Waals surface area (Å²) in [6.07, 6.45) is 2.15. The van der Waals surface area contributed by atoms with Gasteiger partial charge in [0.15, 0.2) is 0 Å². The summed E-state index contributed by atoms with van der Waals surface area (Å²) in [5, 5.41) is 5.08. The predicted octanol–water partition coefficient (Wildman–Crippen LogP) is 4.47. The summed E-state index contributed by atoms with van der Waals surface area (Å²) in [6, 6.07) is 20.8. The first kappa shape index (κ1) is 17.0. The van der Waals surface area contributed by atoms with E-state index in [-0.39, 0.29) is 5.91 Å². The van der Waals surface area contributed by atoms with Gasteiger partial charge in [-0.1, -0.05) is 54.6 Å². The third-order valence-electron chi connectivity index (χ3n) is 4.60. The summed E-state index contributed by atoms with van der Waals surface area (Å²) in [7, 11) is 0. The van der Waals surface area contributed by atoms with Crippen molar-refractivity contribution in [2.24, 2.45) is 5.10 Å². The Labute approximate surface area is 160 Å². The largest absolute Gasteiger partial charge is 0.289 e. The number of alkyl halides is 2. The molecule has 1 amide bonds. The molecule has 0 spiro atoms. The van der Waals surface area contributed by atoms with E-state index in [1.54, 1.807) is 12.3 Å². The molecule has 0 radical (unpaired) electrons. The van der Waals surface area contributed by atoms with Crippen molar-refractivity contribution in [1.29, 1.82) is 0 Å². The molecule has 1 aliphatic carbocycles. The fourth-order valence-electron chi connectivity index (χ4n) is 3.02. The SMILES string of the molecule is O=C(N/N=C\[C@@]1(c2ccccc2)CC1(Cl)Cl)c1ccc2ccccc2n1. The van der Waals surface area contributed by atoms with Gasteiger partial charge in [-0.15, -0.1) is 23.2 Å². The minimum Gasteiger partial charge on any atom is -0.266 e. The van der Waals surface area contributed by atoms with Gasteiger partial charge in [0.05, 0.1) is 10.9 Å². The summed E-state index contributed by atoms with van der Waals surface area (Å²) in [5.74, 6) is -0.384. The Balaban J connectivity index is 1.53. The molecule has 6 heteroatoms. The minimum atomic E-state index is -0.927. The summed E-state index contributed by atoms with van der Waals surface area (Å²) in [5.41, 5.74) is 3.94. The zero-order valence-corrected chi connectivity index (χ0v) is 15.2. The molecule has 1 heterocycles. The number of nitrogens with one attached hydrogen (secondary N) is 1. The average molecular weight is 384 g/mol. The van der Waals surface area contributed by atoms with Gasteiger partial charge in [-0.2, -0.15) is 5.10 Å². The number of hydrazone groups is 1. The van der Waals surface area contributed by atoms with Crippen LogP contribution in [0.1, 0.15) is 22.5 Å². The van der Waals surface area contributed by atoms with Gasteiger partial charge < -0.3 is 0 Å². The van der Waals surface area contributed by atoms with Crippen LogP contribution in [0.5, 0.6) is 0 Å². The van der Waals surface area contributed by atoms with Gasteiger partial charge in [0.2, 0.25) is 0 Å². The van der Waals surface area contributed by atoms with Crippen LogP contribution in [0.25, 0.3) is 10.9 Å². The van der Waals surface area contributed by atoms with Crippen LogP contribution in [0.15, 0.2) is 71.8 Å². The normalized spacial score (nSPS) is 21.0. The van der Waals surface area contributed by atoms with Crippen LogP contribution in [0, 0.1) is 0 Å². The number of hydrogen-bond acceptors (Lipinski definition) is 3. The summed E-state index contributed by atoms with van der Waals surface area (Å²) >= 11 is 12.7. The van der Waals surface area contributed by atoms with Crippen LogP contribution in [0.3, 0.4) is 0 Å². The zero-order chi connectivity index (χ0) is 18.2. The van der Waals surface area contributed by atoms with Gasteiger partial charge in [-0.05, 0) is 24.1 Å². The monoisotopic (exact) mass is 383 g/mol. The zero-order valence-electron chi connectivity index (χ0n) is 13.7. The summed E-state index contributed by atoms with van der Waals surface area (Å²) < 4.78 is -0.927. The van der Waals surface area contributed by atoms with E-state index in [2.05, 4.69) is 15.5 Å². The maximum atomic E-state index is 12.3. The van der Waals surface area contributed by atoms with Gasteiger partial charge in [-0.3, -0.25) is 4.79 Å². The van der Waals surface area contributed by atoms with Gasteiger partial charge in [0, 0.05) is 11.6 Å². The molecule has 0 unspecified atom stereocenters. The minimum absolute atomic E-state index is 0.299. The number of rotatable bonds is 4. The Morgan fingerprint density at radius 1 is 1.04 bits per heavy atom. The molecule has 1 fully saturated rings. The molecule has 4 nitrogen and oxygen atoms in total. The van der Waals surface area contributed by atoms with Crippen molar-refractivity contribution >= 4 is 46.2 Å². The van der Waals surface area contributed by atoms with Crippen LogP contribution in [-0.2, 0) is 5.41 Å². The van der Waals surface area contributed by atoms with Crippen molar-refractivity contribution in [3.8, 4) is 0 Å². The standard InChI is InChI=1S/C20H15Cl2N3O/c21-20(22)12-19(20,15-7-2-1-3-8-15)13-23-25-18(26)17-11-10-14-6-4-5-9-16(14)24-17/h1-11,13H,12H2,(H,25,26)/b23-13-/t19-/m1/s1. The highest BCUT2D eigenvalue weighted by Gasteiger charge is 2.66. The Morgan fingerprint density at radius 2 is 1.73 bits per heavy atom. The second-order valence-electron chi connectivity index (χ2n) is 6.31.